The van der Waals surface area contributed by atoms with Crippen molar-refractivity contribution in [1.82, 2.24) is 4.98 Å². The molecule has 0 aromatic carbocycles. The van der Waals surface area contributed by atoms with Crippen LogP contribution in [-0.2, 0) is 4.74 Å². The van der Waals surface area contributed by atoms with Crippen LogP contribution in [0.15, 0.2) is 6.07 Å². The van der Waals surface area contributed by atoms with Crippen molar-refractivity contribution in [3.63, 3.8) is 0 Å². The Bertz CT molecular complexity index is 393. The number of halogens is 3. The molecule has 15 heavy (non-hydrogen) atoms. The highest BCUT2D eigenvalue weighted by molar-refractivity contribution is 5.89. The van der Waals surface area contributed by atoms with Crippen LogP contribution < -0.4 is 0 Å². The summed E-state index contributed by atoms with van der Waals surface area (Å²) in [6, 6.07) is 0.841. The van der Waals surface area contributed by atoms with E-state index in [0.717, 1.165) is 13.2 Å². The molecule has 0 spiro atoms. The molecule has 1 aromatic rings. The zero-order valence-corrected chi connectivity index (χ0v) is 8.05. The number of hydrogen-bond acceptors (Lipinski definition) is 3. The number of methoxy groups -OCH3 is 1. The van der Waals surface area contributed by atoms with Gasteiger partial charge in [0.1, 0.15) is 0 Å². The lowest BCUT2D eigenvalue weighted by Crippen LogP contribution is -2.12. The van der Waals surface area contributed by atoms with Crippen molar-refractivity contribution in [2.45, 2.75) is 13.3 Å². The number of esters is 1. The Morgan fingerprint density at radius 1 is 1.53 bits per heavy atom. The summed E-state index contributed by atoms with van der Waals surface area (Å²) >= 11 is 0. The largest absolute Gasteiger partial charge is 0.464 e. The first kappa shape index (κ1) is 11.5. The Labute approximate surface area is 83.9 Å². The molecule has 1 rings (SSSR count). The molecular weight excluding hydrogens is 211 g/mol. The third kappa shape index (κ3) is 2.26. The van der Waals surface area contributed by atoms with Gasteiger partial charge in [0.15, 0.2) is 5.69 Å². The van der Waals surface area contributed by atoms with E-state index in [4.69, 9.17) is 0 Å². The second-order valence-electron chi connectivity index (χ2n) is 2.82. The molecule has 0 atom stereocenters. The fraction of sp³-hybridized carbons (Fsp3) is 0.333. The Balaban J connectivity index is 3.40. The summed E-state index contributed by atoms with van der Waals surface area (Å²) in [7, 11) is 1.01. The summed E-state index contributed by atoms with van der Waals surface area (Å²) < 4.78 is 42.1. The van der Waals surface area contributed by atoms with E-state index in [1.165, 1.54) is 6.92 Å². The molecule has 1 aromatic heterocycles. The molecule has 0 fully saturated rings. The maximum absolute atomic E-state index is 12.8. The SMILES string of the molecule is COC(=O)c1nc(F)cc(C)c1C(F)F. The van der Waals surface area contributed by atoms with Crippen molar-refractivity contribution >= 4 is 5.97 Å². The molecule has 82 valence electrons. The van der Waals surface area contributed by atoms with Crippen LogP contribution in [0.4, 0.5) is 13.2 Å². The van der Waals surface area contributed by atoms with Gasteiger partial charge in [0.05, 0.1) is 12.7 Å². The number of ether oxygens (including phenoxy) is 1. The molecule has 0 bridgehead atoms. The standard InChI is InChI=1S/C9H8F3NO2/c1-4-3-5(10)13-7(9(14)15-2)6(4)8(11)12/h3,8H,1-2H3. The van der Waals surface area contributed by atoms with Gasteiger partial charge in [0.2, 0.25) is 5.95 Å². The summed E-state index contributed by atoms with van der Waals surface area (Å²) in [6.45, 7) is 1.28. The van der Waals surface area contributed by atoms with Gasteiger partial charge in [-0.25, -0.2) is 18.6 Å². The van der Waals surface area contributed by atoms with Gasteiger partial charge in [0, 0.05) is 0 Å². The zero-order valence-electron chi connectivity index (χ0n) is 8.05. The first-order valence-electron chi connectivity index (χ1n) is 4.01. The molecule has 0 saturated carbocycles. The van der Waals surface area contributed by atoms with Crippen LogP contribution in [0, 0.1) is 12.9 Å². The van der Waals surface area contributed by atoms with E-state index >= 15 is 0 Å². The first-order chi connectivity index (χ1) is 6.97. The third-order valence-electron chi connectivity index (χ3n) is 1.83. The van der Waals surface area contributed by atoms with Crippen LogP contribution >= 0.6 is 0 Å². The lowest BCUT2D eigenvalue weighted by Gasteiger charge is -2.09. The molecule has 0 aliphatic heterocycles. The summed E-state index contributed by atoms with van der Waals surface area (Å²) in [6.07, 6.45) is -2.90. The Morgan fingerprint density at radius 2 is 2.13 bits per heavy atom. The van der Waals surface area contributed by atoms with Crippen molar-refractivity contribution in [1.29, 1.82) is 0 Å². The molecule has 0 N–H and O–H groups in total. The lowest BCUT2D eigenvalue weighted by molar-refractivity contribution is 0.0579. The summed E-state index contributed by atoms with van der Waals surface area (Å²) in [5, 5.41) is 0. The average Bonchev–Trinajstić information content (AvgIpc) is 2.14. The minimum Gasteiger partial charge on any atom is -0.464 e. The number of carbonyl (C=O) groups is 1. The molecular formula is C9H8F3NO2. The molecule has 0 unspecified atom stereocenters. The van der Waals surface area contributed by atoms with Crippen molar-refractivity contribution in [3.05, 3.63) is 28.8 Å². The fourth-order valence-corrected chi connectivity index (χ4v) is 1.17. The Morgan fingerprint density at radius 3 is 2.60 bits per heavy atom. The number of nitrogens with zero attached hydrogens (tertiary/aromatic N) is 1. The quantitative estimate of drug-likeness (QED) is 0.565. The number of hydrogen-bond donors (Lipinski definition) is 0. The molecule has 6 heteroatoms. The maximum atomic E-state index is 12.8. The van der Waals surface area contributed by atoms with Crippen LogP contribution in [0.1, 0.15) is 28.0 Å². The molecule has 3 nitrogen and oxygen atoms in total. The highest BCUT2D eigenvalue weighted by Gasteiger charge is 2.24. The van der Waals surface area contributed by atoms with Gasteiger partial charge in [-0.2, -0.15) is 4.39 Å². The van der Waals surface area contributed by atoms with Crippen molar-refractivity contribution in [3.8, 4) is 0 Å². The van der Waals surface area contributed by atoms with Crippen LogP contribution in [0.25, 0.3) is 0 Å². The zero-order chi connectivity index (χ0) is 11.6. The Hall–Kier alpha value is -1.59. The van der Waals surface area contributed by atoms with E-state index in [0.29, 0.717) is 0 Å². The van der Waals surface area contributed by atoms with E-state index in [2.05, 4.69) is 9.72 Å². The van der Waals surface area contributed by atoms with Gasteiger partial charge >= 0.3 is 5.97 Å². The monoisotopic (exact) mass is 219 g/mol. The molecule has 0 aliphatic carbocycles. The summed E-state index contributed by atoms with van der Waals surface area (Å²) in [4.78, 5) is 14.2. The van der Waals surface area contributed by atoms with E-state index in [9.17, 15) is 18.0 Å². The van der Waals surface area contributed by atoms with Crippen LogP contribution in [0.5, 0.6) is 0 Å². The second-order valence-corrected chi connectivity index (χ2v) is 2.82. The van der Waals surface area contributed by atoms with Gasteiger partial charge in [0.25, 0.3) is 6.43 Å². The molecule has 0 aliphatic rings. The third-order valence-corrected chi connectivity index (χ3v) is 1.83. The van der Waals surface area contributed by atoms with E-state index in [-0.39, 0.29) is 5.56 Å². The molecule has 0 amide bonds. The van der Waals surface area contributed by atoms with Crippen molar-refractivity contribution in [2.24, 2.45) is 0 Å². The molecule has 0 radical (unpaired) electrons. The normalized spacial score (nSPS) is 10.5. The van der Waals surface area contributed by atoms with Gasteiger partial charge in [-0.15, -0.1) is 0 Å². The topological polar surface area (TPSA) is 39.2 Å². The van der Waals surface area contributed by atoms with Crippen LogP contribution in [-0.4, -0.2) is 18.1 Å². The van der Waals surface area contributed by atoms with Gasteiger partial charge in [-0.3, -0.25) is 0 Å². The first-order valence-corrected chi connectivity index (χ1v) is 4.01. The number of aromatic nitrogens is 1. The van der Waals surface area contributed by atoms with Crippen molar-refractivity contribution in [2.75, 3.05) is 7.11 Å². The number of aryl methyl sites for hydroxylation is 1. The predicted octanol–water partition coefficient (Wildman–Crippen LogP) is 2.25. The Kier molecular flexibility index (Phi) is 3.28. The van der Waals surface area contributed by atoms with Crippen LogP contribution in [0.3, 0.4) is 0 Å². The van der Waals surface area contributed by atoms with Crippen molar-refractivity contribution < 1.29 is 22.7 Å². The highest BCUT2D eigenvalue weighted by Crippen LogP contribution is 2.26. The van der Waals surface area contributed by atoms with E-state index in [1.807, 2.05) is 0 Å². The minimum atomic E-state index is -2.90. The summed E-state index contributed by atoms with van der Waals surface area (Å²) in [5.41, 5.74) is -1.30. The predicted molar refractivity (Wildman–Crippen MR) is 45.2 cm³/mol. The maximum Gasteiger partial charge on any atom is 0.357 e. The van der Waals surface area contributed by atoms with E-state index < -0.39 is 29.6 Å². The molecule has 1 heterocycles. The number of carbonyl (C=O) groups excluding carboxylic acids is 1. The lowest BCUT2D eigenvalue weighted by atomic mass is 10.1. The smallest absolute Gasteiger partial charge is 0.357 e. The van der Waals surface area contributed by atoms with Crippen LogP contribution in [0.2, 0.25) is 0 Å². The summed E-state index contributed by atoms with van der Waals surface area (Å²) in [5.74, 6) is -2.06. The van der Waals surface area contributed by atoms with Gasteiger partial charge in [-0.1, -0.05) is 0 Å². The highest BCUT2D eigenvalue weighted by atomic mass is 19.3. The number of rotatable bonds is 2. The van der Waals surface area contributed by atoms with Gasteiger partial charge in [-0.05, 0) is 18.6 Å². The second kappa shape index (κ2) is 4.29. The number of pyridine rings is 1. The average molecular weight is 219 g/mol. The van der Waals surface area contributed by atoms with Gasteiger partial charge < -0.3 is 4.74 Å². The molecule has 0 saturated heterocycles. The number of alkyl halides is 2. The minimum absolute atomic E-state index is 0.0297. The fourth-order valence-electron chi connectivity index (χ4n) is 1.17. The van der Waals surface area contributed by atoms with E-state index in [1.54, 1.807) is 0 Å².